The van der Waals surface area contributed by atoms with Crippen LogP contribution in [0, 0.1) is 0 Å². The van der Waals surface area contributed by atoms with Crippen molar-refractivity contribution in [2.24, 2.45) is 0 Å². The van der Waals surface area contributed by atoms with Gasteiger partial charge in [0, 0.05) is 43.1 Å². The zero-order valence-corrected chi connectivity index (χ0v) is 14.4. The molecular weight excluding hydrogens is 342 g/mol. The molecule has 8 nitrogen and oxygen atoms in total. The molecule has 0 aliphatic carbocycles. The number of anilines is 1. The average molecular weight is 359 g/mol. The molecular formula is C19H17N7O. The van der Waals surface area contributed by atoms with E-state index in [4.69, 9.17) is 0 Å². The van der Waals surface area contributed by atoms with Crippen molar-refractivity contribution in [2.75, 3.05) is 5.32 Å². The van der Waals surface area contributed by atoms with E-state index in [1.54, 1.807) is 28.0 Å². The molecule has 3 heterocycles. The molecule has 0 bridgehead atoms. The largest absolute Gasteiger partial charge is 0.334 e. The van der Waals surface area contributed by atoms with Gasteiger partial charge in [0.15, 0.2) is 5.82 Å². The molecule has 2 N–H and O–H groups in total. The molecule has 1 aromatic carbocycles. The van der Waals surface area contributed by atoms with Crippen LogP contribution in [0.3, 0.4) is 0 Å². The molecule has 2 amide bonds. The highest BCUT2D eigenvalue weighted by Crippen LogP contribution is 2.19. The van der Waals surface area contributed by atoms with Crippen LogP contribution in [0.2, 0.25) is 0 Å². The van der Waals surface area contributed by atoms with Crippen LogP contribution in [0.4, 0.5) is 10.5 Å². The highest BCUT2D eigenvalue weighted by Gasteiger charge is 2.10. The van der Waals surface area contributed by atoms with E-state index in [0.717, 1.165) is 11.3 Å². The van der Waals surface area contributed by atoms with Crippen LogP contribution in [-0.4, -0.2) is 30.6 Å². The molecule has 0 saturated carbocycles. The summed E-state index contributed by atoms with van der Waals surface area (Å²) in [6.07, 6.45) is 8.71. The van der Waals surface area contributed by atoms with Gasteiger partial charge in [0.05, 0.1) is 11.4 Å². The summed E-state index contributed by atoms with van der Waals surface area (Å²) in [6.45, 7) is 0.318. The third kappa shape index (κ3) is 3.69. The molecule has 0 spiro atoms. The maximum Gasteiger partial charge on any atom is 0.319 e. The number of amides is 2. The van der Waals surface area contributed by atoms with E-state index in [-0.39, 0.29) is 6.03 Å². The zero-order valence-electron chi connectivity index (χ0n) is 14.4. The van der Waals surface area contributed by atoms with Gasteiger partial charge in [0.1, 0.15) is 0 Å². The topological polar surface area (TPSA) is 89.7 Å². The fourth-order valence-corrected chi connectivity index (χ4v) is 2.70. The predicted octanol–water partition coefficient (Wildman–Crippen LogP) is 2.77. The number of nitrogens with one attached hydrogen (secondary N) is 2. The second-order valence-corrected chi connectivity index (χ2v) is 5.71. The number of carbonyl (C=O) groups excluding carboxylic acids is 1. The molecule has 8 heteroatoms. The van der Waals surface area contributed by atoms with E-state index in [9.17, 15) is 4.79 Å². The summed E-state index contributed by atoms with van der Waals surface area (Å²) in [7, 11) is 0. The Hall–Kier alpha value is -3.94. The molecule has 4 rings (SSSR count). The number of pyridine rings is 1. The van der Waals surface area contributed by atoms with E-state index in [0.29, 0.717) is 18.1 Å². The lowest BCUT2D eigenvalue weighted by atomic mass is 10.2. The van der Waals surface area contributed by atoms with Gasteiger partial charge < -0.3 is 10.6 Å². The first-order valence-corrected chi connectivity index (χ1v) is 8.39. The van der Waals surface area contributed by atoms with Gasteiger partial charge in [0.2, 0.25) is 0 Å². The second-order valence-electron chi connectivity index (χ2n) is 5.71. The first-order valence-electron chi connectivity index (χ1n) is 8.39. The Morgan fingerprint density at radius 3 is 2.44 bits per heavy atom. The quantitative estimate of drug-likeness (QED) is 0.573. The van der Waals surface area contributed by atoms with Gasteiger partial charge in [-0.3, -0.25) is 0 Å². The highest BCUT2D eigenvalue weighted by atomic mass is 16.2. The maximum atomic E-state index is 12.4. The molecule has 3 aromatic heterocycles. The Bertz CT molecular complexity index is 1030. The normalized spacial score (nSPS) is 10.5. The third-order valence-corrected chi connectivity index (χ3v) is 3.93. The van der Waals surface area contributed by atoms with E-state index in [1.165, 1.54) is 0 Å². The summed E-state index contributed by atoms with van der Waals surface area (Å²) in [4.78, 5) is 16.8. The summed E-state index contributed by atoms with van der Waals surface area (Å²) in [5.74, 6) is 0.680. The summed E-state index contributed by atoms with van der Waals surface area (Å²) in [5.41, 5.74) is 2.31. The fraction of sp³-hybridized carbons (Fsp3) is 0.0526. The smallest absolute Gasteiger partial charge is 0.319 e. The van der Waals surface area contributed by atoms with Crippen molar-refractivity contribution in [1.29, 1.82) is 0 Å². The Kier molecular flexibility index (Phi) is 4.60. The Morgan fingerprint density at radius 1 is 0.889 bits per heavy atom. The average Bonchev–Trinajstić information content (AvgIpc) is 3.41. The van der Waals surface area contributed by atoms with Gasteiger partial charge >= 0.3 is 6.03 Å². The van der Waals surface area contributed by atoms with Gasteiger partial charge in [-0.1, -0.05) is 18.2 Å². The molecule has 27 heavy (non-hydrogen) atoms. The van der Waals surface area contributed by atoms with Crippen LogP contribution in [-0.2, 0) is 6.54 Å². The van der Waals surface area contributed by atoms with Crippen molar-refractivity contribution in [1.82, 2.24) is 29.9 Å². The lowest BCUT2D eigenvalue weighted by molar-refractivity contribution is 0.251. The first kappa shape index (κ1) is 16.5. The second kappa shape index (κ2) is 7.52. The predicted molar refractivity (Wildman–Crippen MR) is 101 cm³/mol. The number of nitrogens with zero attached hydrogens (tertiary/aromatic N) is 5. The van der Waals surface area contributed by atoms with E-state index >= 15 is 0 Å². The van der Waals surface area contributed by atoms with Crippen LogP contribution >= 0.6 is 0 Å². The van der Waals surface area contributed by atoms with Gasteiger partial charge in [-0.15, -0.1) is 0 Å². The van der Waals surface area contributed by atoms with Crippen LogP contribution in [0.15, 0.2) is 79.5 Å². The van der Waals surface area contributed by atoms with Crippen LogP contribution in [0.25, 0.3) is 11.5 Å². The Labute approximate surface area is 155 Å². The standard InChI is InChI=1S/C19H17N7O/c27-19(24-16-7-1-2-8-17(16)25-12-4-10-22-25)21-14-15-6-3-9-20-18(15)26-13-5-11-23-26/h1-13H,14H2,(H2,21,24,27). The number of carbonyl (C=O) groups is 1. The van der Waals surface area contributed by atoms with Gasteiger partial charge in [0.25, 0.3) is 0 Å². The number of benzene rings is 1. The summed E-state index contributed by atoms with van der Waals surface area (Å²) < 4.78 is 3.37. The highest BCUT2D eigenvalue weighted by molar-refractivity contribution is 5.91. The number of hydrogen-bond donors (Lipinski definition) is 2. The molecule has 0 radical (unpaired) electrons. The number of para-hydroxylation sites is 2. The van der Waals surface area contributed by atoms with Crippen molar-refractivity contribution >= 4 is 11.7 Å². The van der Waals surface area contributed by atoms with Crippen LogP contribution in [0.5, 0.6) is 0 Å². The van der Waals surface area contributed by atoms with Gasteiger partial charge in [-0.2, -0.15) is 10.2 Å². The maximum absolute atomic E-state index is 12.4. The Morgan fingerprint density at radius 2 is 1.67 bits per heavy atom. The first-order chi connectivity index (χ1) is 13.3. The van der Waals surface area contributed by atoms with Crippen LogP contribution < -0.4 is 10.6 Å². The van der Waals surface area contributed by atoms with E-state index < -0.39 is 0 Å². The minimum Gasteiger partial charge on any atom is -0.334 e. The molecule has 0 unspecified atom stereocenters. The lowest BCUT2D eigenvalue weighted by Gasteiger charge is -2.13. The molecule has 0 saturated heterocycles. The lowest BCUT2D eigenvalue weighted by Crippen LogP contribution is -2.29. The van der Waals surface area contributed by atoms with Crippen molar-refractivity contribution < 1.29 is 4.79 Å². The minimum absolute atomic E-state index is 0.315. The summed E-state index contributed by atoms with van der Waals surface area (Å²) in [5, 5.41) is 14.1. The molecule has 134 valence electrons. The van der Waals surface area contributed by atoms with Gasteiger partial charge in [-0.05, 0) is 30.3 Å². The molecule has 0 fully saturated rings. The summed E-state index contributed by atoms with van der Waals surface area (Å²) >= 11 is 0. The van der Waals surface area contributed by atoms with E-state index in [1.807, 2.05) is 60.9 Å². The van der Waals surface area contributed by atoms with Crippen molar-refractivity contribution in [2.45, 2.75) is 6.54 Å². The van der Waals surface area contributed by atoms with E-state index in [2.05, 4.69) is 25.8 Å². The molecule has 0 aliphatic rings. The minimum atomic E-state index is -0.315. The molecule has 4 aromatic rings. The number of hydrogen-bond acceptors (Lipinski definition) is 4. The third-order valence-electron chi connectivity index (χ3n) is 3.93. The van der Waals surface area contributed by atoms with Gasteiger partial charge in [-0.25, -0.2) is 19.1 Å². The fourth-order valence-electron chi connectivity index (χ4n) is 2.70. The van der Waals surface area contributed by atoms with Crippen LogP contribution in [0.1, 0.15) is 5.56 Å². The zero-order chi connectivity index (χ0) is 18.5. The SMILES string of the molecule is O=C(NCc1cccnc1-n1cccn1)Nc1ccccc1-n1cccn1. The Balaban J connectivity index is 1.47. The van der Waals surface area contributed by atoms with Crippen molar-refractivity contribution in [3.8, 4) is 11.5 Å². The van der Waals surface area contributed by atoms with Crippen molar-refractivity contribution in [3.05, 3.63) is 85.1 Å². The molecule has 0 atom stereocenters. The monoisotopic (exact) mass is 359 g/mol. The number of rotatable bonds is 5. The number of urea groups is 1. The molecule has 0 aliphatic heterocycles. The van der Waals surface area contributed by atoms with Crippen molar-refractivity contribution in [3.63, 3.8) is 0 Å². The summed E-state index contributed by atoms with van der Waals surface area (Å²) in [6, 6.07) is 14.5. The number of aromatic nitrogens is 5.